The number of hydrogen-bond acceptors (Lipinski definition) is 2. The van der Waals surface area contributed by atoms with Gasteiger partial charge in [0.2, 0.25) is 0 Å². The summed E-state index contributed by atoms with van der Waals surface area (Å²) in [6.45, 7) is 7.50. The summed E-state index contributed by atoms with van der Waals surface area (Å²) >= 11 is 0. The fourth-order valence-corrected chi connectivity index (χ4v) is 1.18. The summed E-state index contributed by atoms with van der Waals surface area (Å²) in [7, 11) is 0. The summed E-state index contributed by atoms with van der Waals surface area (Å²) in [6, 6.07) is 8.06. The van der Waals surface area contributed by atoms with Crippen molar-refractivity contribution in [2.45, 2.75) is 13.8 Å². The molecule has 0 aliphatic rings. The molecule has 0 aromatic heterocycles. The highest BCUT2D eigenvalue weighted by atomic mass is 14.8. The van der Waals surface area contributed by atoms with Crippen LogP contribution in [0, 0.1) is 6.92 Å². The zero-order valence-corrected chi connectivity index (χ0v) is 9.20. The van der Waals surface area contributed by atoms with Crippen molar-refractivity contribution >= 4 is 11.9 Å². The maximum atomic E-state index is 5.96. The lowest BCUT2D eigenvalue weighted by atomic mass is 10.1. The summed E-state index contributed by atoms with van der Waals surface area (Å²) in [4.78, 5) is 4.15. The summed E-state index contributed by atoms with van der Waals surface area (Å²) in [5.41, 5.74) is 9.69. The van der Waals surface area contributed by atoms with Gasteiger partial charge in [-0.15, -0.1) is 0 Å². The minimum absolute atomic E-state index is 0.702. The van der Waals surface area contributed by atoms with E-state index in [-0.39, 0.29) is 0 Å². The third-order valence-corrected chi connectivity index (χ3v) is 2.13. The Balaban J connectivity index is 3.01. The Bertz CT molecular complexity index is 397. The lowest BCUT2D eigenvalue weighted by Gasteiger charge is -2.04. The second kappa shape index (κ2) is 5.15. The fourth-order valence-electron chi connectivity index (χ4n) is 1.18. The molecule has 0 amide bonds. The van der Waals surface area contributed by atoms with Gasteiger partial charge in [-0.2, -0.15) is 0 Å². The molecule has 15 heavy (non-hydrogen) atoms. The monoisotopic (exact) mass is 200 g/mol. The third kappa shape index (κ3) is 3.09. The standard InChI is InChI=1S/C13H16N2/c1-4-9-15-11(3)13(14)12-7-5-10(2)6-8-12/h4-9H,1,14H2,2-3H3/b13-11-,15-9?. The topological polar surface area (TPSA) is 38.4 Å². The van der Waals surface area contributed by atoms with E-state index in [4.69, 9.17) is 5.73 Å². The first-order valence-corrected chi connectivity index (χ1v) is 4.83. The lowest BCUT2D eigenvalue weighted by molar-refractivity contribution is 1.28. The molecule has 0 radical (unpaired) electrons. The van der Waals surface area contributed by atoms with Crippen molar-refractivity contribution in [2.75, 3.05) is 0 Å². The molecule has 1 aromatic carbocycles. The van der Waals surface area contributed by atoms with E-state index in [0.29, 0.717) is 5.70 Å². The van der Waals surface area contributed by atoms with E-state index in [1.165, 1.54) is 5.56 Å². The molecule has 0 aliphatic carbocycles. The zero-order valence-electron chi connectivity index (χ0n) is 9.20. The molecule has 0 heterocycles. The number of benzene rings is 1. The van der Waals surface area contributed by atoms with Gasteiger partial charge in [0, 0.05) is 6.21 Å². The van der Waals surface area contributed by atoms with Gasteiger partial charge in [0.15, 0.2) is 0 Å². The SMILES string of the molecule is C=CC=N/C(C)=C(\N)c1ccc(C)cc1. The number of aryl methyl sites for hydroxylation is 1. The number of rotatable bonds is 3. The molecular weight excluding hydrogens is 184 g/mol. The van der Waals surface area contributed by atoms with Crippen LogP contribution in [0.4, 0.5) is 0 Å². The van der Waals surface area contributed by atoms with Crippen molar-refractivity contribution in [1.29, 1.82) is 0 Å². The zero-order chi connectivity index (χ0) is 11.3. The van der Waals surface area contributed by atoms with Gasteiger partial charge in [0.25, 0.3) is 0 Å². The van der Waals surface area contributed by atoms with Crippen LogP contribution in [-0.4, -0.2) is 6.21 Å². The van der Waals surface area contributed by atoms with Crippen LogP contribution in [0.15, 0.2) is 47.6 Å². The Morgan fingerprint density at radius 1 is 1.33 bits per heavy atom. The predicted molar refractivity (Wildman–Crippen MR) is 66.6 cm³/mol. The van der Waals surface area contributed by atoms with E-state index < -0.39 is 0 Å². The van der Waals surface area contributed by atoms with Gasteiger partial charge < -0.3 is 5.73 Å². The predicted octanol–water partition coefficient (Wildman–Crippen LogP) is 2.90. The molecule has 1 rings (SSSR count). The van der Waals surface area contributed by atoms with E-state index >= 15 is 0 Å². The van der Waals surface area contributed by atoms with Gasteiger partial charge in [0.1, 0.15) is 0 Å². The van der Waals surface area contributed by atoms with Gasteiger partial charge in [-0.25, -0.2) is 0 Å². The van der Waals surface area contributed by atoms with Crippen LogP contribution in [0.2, 0.25) is 0 Å². The van der Waals surface area contributed by atoms with Crippen LogP contribution in [0.5, 0.6) is 0 Å². The first-order chi connectivity index (χ1) is 7.15. The highest BCUT2D eigenvalue weighted by Crippen LogP contribution is 2.14. The minimum Gasteiger partial charge on any atom is -0.397 e. The smallest absolute Gasteiger partial charge is 0.0607 e. The Hall–Kier alpha value is -1.83. The molecular formula is C13H16N2. The Morgan fingerprint density at radius 2 is 1.93 bits per heavy atom. The first kappa shape index (κ1) is 11.2. The molecule has 0 bridgehead atoms. The minimum atomic E-state index is 0.702. The largest absolute Gasteiger partial charge is 0.397 e. The number of aliphatic imine (C=N–C) groups is 1. The fraction of sp³-hybridized carbons (Fsp3) is 0.154. The highest BCUT2D eigenvalue weighted by molar-refractivity contribution is 5.74. The Morgan fingerprint density at radius 3 is 2.47 bits per heavy atom. The molecule has 0 saturated carbocycles. The number of nitrogens with zero attached hydrogens (tertiary/aromatic N) is 1. The van der Waals surface area contributed by atoms with Gasteiger partial charge in [-0.05, 0) is 19.4 Å². The summed E-state index contributed by atoms with van der Waals surface area (Å²) in [6.07, 6.45) is 3.27. The molecule has 0 unspecified atom stereocenters. The van der Waals surface area contributed by atoms with E-state index in [2.05, 4.69) is 11.6 Å². The number of nitrogens with two attached hydrogens (primary N) is 1. The Kier molecular flexibility index (Phi) is 3.86. The molecule has 78 valence electrons. The van der Waals surface area contributed by atoms with Crippen molar-refractivity contribution in [3.63, 3.8) is 0 Å². The second-order valence-corrected chi connectivity index (χ2v) is 3.38. The van der Waals surface area contributed by atoms with Gasteiger partial charge in [0.05, 0.1) is 11.4 Å². The third-order valence-electron chi connectivity index (χ3n) is 2.13. The molecule has 2 heteroatoms. The summed E-state index contributed by atoms with van der Waals surface area (Å²) < 4.78 is 0. The Labute approximate surface area is 90.8 Å². The van der Waals surface area contributed by atoms with Gasteiger partial charge in [-0.1, -0.05) is 42.5 Å². The van der Waals surface area contributed by atoms with Crippen molar-refractivity contribution in [1.82, 2.24) is 0 Å². The first-order valence-electron chi connectivity index (χ1n) is 4.83. The number of allylic oxidation sites excluding steroid dienone is 2. The summed E-state index contributed by atoms with van der Waals surface area (Å²) in [5.74, 6) is 0. The molecule has 1 aromatic rings. The maximum absolute atomic E-state index is 5.96. The normalized spacial score (nSPS) is 12.7. The van der Waals surface area contributed by atoms with Gasteiger partial charge in [-0.3, -0.25) is 4.99 Å². The molecule has 0 aliphatic heterocycles. The van der Waals surface area contributed by atoms with E-state index in [1.54, 1.807) is 12.3 Å². The van der Waals surface area contributed by atoms with Crippen molar-refractivity contribution in [2.24, 2.45) is 10.7 Å². The van der Waals surface area contributed by atoms with Crippen molar-refractivity contribution < 1.29 is 0 Å². The molecule has 2 N–H and O–H groups in total. The molecule has 0 spiro atoms. The molecule has 0 atom stereocenters. The van der Waals surface area contributed by atoms with Crippen LogP contribution in [-0.2, 0) is 0 Å². The number of hydrogen-bond donors (Lipinski definition) is 1. The lowest BCUT2D eigenvalue weighted by Crippen LogP contribution is -1.99. The van der Waals surface area contributed by atoms with Crippen molar-refractivity contribution in [3.8, 4) is 0 Å². The van der Waals surface area contributed by atoms with Crippen LogP contribution in [0.3, 0.4) is 0 Å². The molecule has 0 saturated heterocycles. The van der Waals surface area contributed by atoms with E-state index in [0.717, 1.165) is 11.3 Å². The van der Waals surface area contributed by atoms with Crippen LogP contribution in [0.25, 0.3) is 5.70 Å². The van der Waals surface area contributed by atoms with Crippen LogP contribution < -0.4 is 5.73 Å². The summed E-state index contributed by atoms with van der Waals surface area (Å²) in [5, 5.41) is 0. The molecule has 2 nitrogen and oxygen atoms in total. The van der Waals surface area contributed by atoms with Gasteiger partial charge >= 0.3 is 0 Å². The molecule has 0 fully saturated rings. The van der Waals surface area contributed by atoms with Crippen LogP contribution >= 0.6 is 0 Å². The van der Waals surface area contributed by atoms with Crippen LogP contribution in [0.1, 0.15) is 18.1 Å². The maximum Gasteiger partial charge on any atom is 0.0607 e. The van der Waals surface area contributed by atoms with E-state index in [1.807, 2.05) is 38.1 Å². The quantitative estimate of drug-likeness (QED) is 0.748. The van der Waals surface area contributed by atoms with Crippen molar-refractivity contribution in [3.05, 3.63) is 53.7 Å². The highest BCUT2D eigenvalue weighted by Gasteiger charge is 1.99. The average Bonchev–Trinajstić information content (AvgIpc) is 2.26. The average molecular weight is 200 g/mol. The van der Waals surface area contributed by atoms with E-state index in [9.17, 15) is 0 Å². The second-order valence-electron chi connectivity index (χ2n) is 3.38.